The average Bonchev–Trinajstić information content (AvgIpc) is 2.72. The van der Waals surface area contributed by atoms with E-state index >= 15 is 0 Å². The standard InChI is InChI=1S/C15H25N3/c1-4-15-7-6-12(3)18(15)11-14-10-13(16-5-2)8-9-17-14/h8-10,12,15H,4-7,11H2,1-3H3,(H,16,17). The van der Waals surface area contributed by atoms with Crippen molar-refractivity contribution in [2.75, 3.05) is 11.9 Å². The summed E-state index contributed by atoms with van der Waals surface area (Å²) in [6.07, 6.45) is 5.82. The summed E-state index contributed by atoms with van der Waals surface area (Å²) in [6.45, 7) is 8.69. The summed E-state index contributed by atoms with van der Waals surface area (Å²) in [5.41, 5.74) is 2.36. The first-order valence-electron chi connectivity index (χ1n) is 7.19. The molecule has 1 aliphatic heterocycles. The van der Waals surface area contributed by atoms with Crippen molar-refractivity contribution in [3.05, 3.63) is 24.0 Å². The summed E-state index contributed by atoms with van der Waals surface area (Å²) in [5, 5.41) is 3.35. The molecule has 0 bridgehead atoms. The molecule has 1 aromatic rings. The largest absolute Gasteiger partial charge is 0.385 e. The van der Waals surface area contributed by atoms with Crippen LogP contribution in [0.4, 0.5) is 5.69 Å². The normalized spacial score (nSPS) is 24.4. The molecule has 2 atom stereocenters. The van der Waals surface area contributed by atoms with Crippen LogP contribution in [0.15, 0.2) is 18.3 Å². The van der Waals surface area contributed by atoms with E-state index in [2.05, 4.69) is 42.0 Å². The Morgan fingerprint density at radius 3 is 2.94 bits per heavy atom. The van der Waals surface area contributed by atoms with E-state index in [0.29, 0.717) is 6.04 Å². The zero-order chi connectivity index (χ0) is 13.0. The average molecular weight is 247 g/mol. The lowest BCUT2D eigenvalue weighted by molar-refractivity contribution is 0.187. The van der Waals surface area contributed by atoms with E-state index in [-0.39, 0.29) is 0 Å². The SMILES string of the molecule is CCNc1ccnc(CN2C(C)CCC2CC)c1. The summed E-state index contributed by atoms with van der Waals surface area (Å²) in [6, 6.07) is 5.66. The number of hydrogen-bond acceptors (Lipinski definition) is 3. The third-order valence-corrected chi connectivity index (χ3v) is 3.97. The summed E-state index contributed by atoms with van der Waals surface area (Å²) >= 11 is 0. The molecule has 3 nitrogen and oxygen atoms in total. The van der Waals surface area contributed by atoms with Gasteiger partial charge in [0.15, 0.2) is 0 Å². The molecular formula is C15H25N3. The number of pyridine rings is 1. The molecule has 1 N–H and O–H groups in total. The van der Waals surface area contributed by atoms with Gasteiger partial charge in [-0.2, -0.15) is 0 Å². The van der Waals surface area contributed by atoms with Crippen molar-refractivity contribution in [3.8, 4) is 0 Å². The Bertz CT molecular complexity index is 378. The van der Waals surface area contributed by atoms with Crippen LogP contribution in [0.3, 0.4) is 0 Å². The van der Waals surface area contributed by atoms with Gasteiger partial charge in [-0.3, -0.25) is 9.88 Å². The zero-order valence-corrected chi connectivity index (χ0v) is 11.8. The van der Waals surface area contributed by atoms with Gasteiger partial charge in [0, 0.05) is 37.1 Å². The molecule has 1 aromatic heterocycles. The predicted octanol–water partition coefficient (Wildman–Crippen LogP) is 3.28. The number of aromatic nitrogens is 1. The highest BCUT2D eigenvalue weighted by molar-refractivity contribution is 5.42. The molecule has 0 amide bonds. The van der Waals surface area contributed by atoms with Crippen LogP contribution >= 0.6 is 0 Å². The summed E-state index contributed by atoms with van der Waals surface area (Å²) < 4.78 is 0. The van der Waals surface area contributed by atoms with Crippen molar-refractivity contribution in [1.29, 1.82) is 0 Å². The lowest BCUT2D eigenvalue weighted by Crippen LogP contribution is -2.33. The molecule has 0 aliphatic carbocycles. The van der Waals surface area contributed by atoms with Gasteiger partial charge in [-0.1, -0.05) is 6.92 Å². The monoisotopic (exact) mass is 247 g/mol. The minimum Gasteiger partial charge on any atom is -0.385 e. The van der Waals surface area contributed by atoms with E-state index < -0.39 is 0 Å². The fraction of sp³-hybridized carbons (Fsp3) is 0.667. The van der Waals surface area contributed by atoms with Crippen molar-refractivity contribution >= 4 is 5.69 Å². The van der Waals surface area contributed by atoms with Crippen LogP contribution in [0, 0.1) is 0 Å². The zero-order valence-electron chi connectivity index (χ0n) is 11.8. The predicted molar refractivity (Wildman–Crippen MR) is 76.7 cm³/mol. The topological polar surface area (TPSA) is 28.2 Å². The molecule has 3 heteroatoms. The van der Waals surface area contributed by atoms with Crippen LogP contribution in [0.5, 0.6) is 0 Å². The van der Waals surface area contributed by atoms with Crippen molar-refractivity contribution in [2.45, 2.75) is 58.7 Å². The number of hydrogen-bond donors (Lipinski definition) is 1. The van der Waals surface area contributed by atoms with Gasteiger partial charge in [-0.25, -0.2) is 0 Å². The van der Waals surface area contributed by atoms with Crippen molar-refractivity contribution in [1.82, 2.24) is 9.88 Å². The summed E-state index contributed by atoms with van der Waals surface area (Å²) in [4.78, 5) is 7.12. The van der Waals surface area contributed by atoms with Crippen LogP contribution in [0.2, 0.25) is 0 Å². The molecule has 0 saturated carbocycles. The lowest BCUT2D eigenvalue weighted by atomic mass is 10.1. The third kappa shape index (κ3) is 3.02. The van der Waals surface area contributed by atoms with Crippen LogP contribution in [-0.2, 0) is 6.54 Å². The lowest BCUT2D eigenvalue weighted by Gasteiger charge is -2.27. The maximum atomic E-state index is 4.51. The van der Waals surface area contributed by atoms with Gasteiger partial charge >= 0.3 is 0 Å². The fourth-order valence-corrected chi connectivity index (χ4v) is 2.91. The second-order valence-electron chi connectivity index (χ2n) is 5.23. The van der Waals surface area contributed by atoms with Crippen LogP contribution in [-0.4, -0.2) is 28.5 Å². The molecule has 2 unspecified atom stereocenters. The van der Waals surface area contributed by atoms with Gasteiger partial charge in [0.1, 0.15) is 0 Å². The van der Waals surface area contributed by atoms with E-state index in [4.69, 9.17) is 0 Å². The molecule has 1 saturated heterocycles. The maximum absolute atomic E-state index is 4.51. The van der Waals surface area contributed by atoms with Gasteiger partial charge in [0.25, 0.3) is 0 Å². The Morgan fingerprint density at radius 1 is 1.39 bits per heavy atom. The molecule has 0 radical (unpaired) electrons. The minimum absolute atomic E-state index is 0.694. The van der Waals surface area contributed by atoms with E-state index in [1.165, 1.54) is 30.6 Å². The molecule has 2 heterocycles. The highest BCUT2D eigenvalue weighted by Crippen LogP contribution is 2.27. The first-order valence-corrected chi connectivity index (χ1v) is 7.19. The minimum atomic E-state index is 0.694. The van der Waals surface area contributed by atoms with Crippen LogP contribution in [0.25, 0.3) is 0 Å². The Kier molecular flexibility index (Phi) is 4.59. The first-order chi connectivity index (χ1) is 8.74. The molecule has 2 rings (SSSR count). The third-order valence-electron chi connectivity index (χ3n) is 3.97. The molecular weight excluding hydrogens is 222 g/mol. The molecule has 18 heavy (non-hydrogen) atoms. The van der Waals surface area contributed by atoms with Crippen molar-refractivity contribution in [2.24, 2.45) is 0 Å². The molecule has 1 fully saturated rings. The van der Waals surface area contributed by atoms with Gasteiger partial charge in [0.05, 0.1) is 5.69 Å². The maximum Gasteiger partial charge on any atom is 0.0564 e. The van der Waals surface area contributed by atoms with E-state index in [1.807, 2.05) is 12.3 Å². The van der Waals surface area contributed by atoms with Gasteiger partial charge < -0.3 is 5.32 Å². The number of likely N-dealkylation sites (tertiary alicyclic amines) is 1. The molecule has 0 aromatic carbocycles. The van der Waals surface area contributed by atoms with Crippen molar-refractivity contribution < 1.29 is 0 Å². The van der Waals surface area contributed by atoms with E-state index in [9.17, 15) is 0 Å². The van der Waals surface area contributed by atoms with Crippen LogP contribution in [0.1, 0.15) is 45.7 Å². The molecule has 0 spiro atoms. The van der Waals surface area contributed by atoms with Gasteiger partial charge in [-0.05, 0) is 45.2 Å². The fourth-order valence-electron chi connectivity index (χ4n) is 2.91. The van der Waals surface area contributed by atoms with E-state index in [1.54, 1.807) is 0 Å². The Morgan fingerprint density at radius 2 is 2.22 bits per heavy atom. The smallest absolute Gasteiger partial charge is 0.0564 e. The second-order valence-corrected chi connectivity index (χ2v) is 5.23. The van der Waals surface area contributed by atoms with E-state index in [0.717, 1.165) is 19.1 Å². The van der Waals surface area contributed by atoms with Crippen molar-refractivity contribution in [3.63, 3.8) is 0 Å². The first kappa shape index (κ1) is 13.3. The second kappa shape index (κ2) is 6.19. The Hall–Kier alpha value is -1.09. The van der Waals surface area contributed by atoms with Gasteiger partial charge in [-0.15, -0.1) is 0 Å². The highest BCUT2D eigenvalue weighted by atomic mass is 15.2. The highest BCUT2D eigenvalue weighted by Gasteiger charge is 2.29. The Labute approximate surface area is 111 Å². The summed E-state index contributed by atoms with van der Waals surface area (Å²) in [7, 11) is 0. The van der Waals surface area contributed by atoms with Gasteiger partial charge in [0.2, 0.25) is 0 Å². The number of rotatable bonds is 5. The Balaban J connectivity index is 2.05. The number of nitrogens with one attached hydrogen (secondary N) is 1. The molecule has 1 aliphatic rings. The molecule has 100 valence electrons. The number of anilines is 1. The summed E-state index contributed by atoms with van der Waals surface area (Å²) in [5.74, 6) is 0. The van der Waals surface area contributed by atoms with Crippen LogP contribution < -0.4 is 5.32 Å². The quantitative estimate of drug-likeness (QED) is 0.865. The number of nitrogens with zero attached hydrogens (tertiary/aromatic N) is 2.